The van der Waals surface area contributed by atoms with Crippen LogP contribution in [-0.2, 0) is 12.7 Å². The zero-order valence-corrected chi connectivity index (χ0v) is 13.1. The van der Waals surface area contributed by atoms with Crippen molar-refractivity contribution >= 4 is 5.69 Å². The fraction of sp³-hybridized carbons (Fsp3) is 0.176. The van der Waals surface area contributed by atoms with Gasteiger partial charge < -0.3 is 9.84 Å². The summed E-state index contributed by atoms with van der Waals surface area (Å²) in [6.07, 6.45) is -4.39. The lowest BCUT2D eigenvalue weighted by Gasteiger charge is -2.05. The van der Waals surface area contributed by atoms with E-state index in [1.165, 1.54) is 18.2 Å². The average Bonchev–Trinajstić information content (AvgIpc) is 3.04. The van der Waals surface area contributed by atoms with Crippen LogP contribution < -0.4 is 5.32 Å². The molecule has 8 heteroatoms. The zero-order chi connectivity index (χ0) is 18.0. The molecule has 4 nitrogen and oxygen atoms in total. The van der Waals surface area contributed by atoms with Crippen LogP contribution in [-0.4, -0.2) is 10.1 Å². The van der Waals surface area contributed by atoms with Crippen molar-refractivity contribution in [3.05, 3.63) is 65.3 Å². The van der Waals surface area contributed by atoms with E-state index in [9.17, 15) is 17.6 Å². The van der Waals surface area contributed by atoms with Crippen molar-refractivity contribution in [3.63, 3.8) is 0 Å². The molecule has 1 heterocycles. The summed E-state index contributed by atoms with van der Waals surface area (Å²) in [5.74, 6) is 0.0810. The molecule has 2 aromatic carbocycles. The number of anilines is 1. The standard InChI is InChI=1S/C17H13F4N3O/c1-10-2-7-13(8-14(10)18)22-9-15-23-16(24-25-15)11-3-5-12(6-4-11)17(19,20)21/h2-8,22H,9H2,1H3. The van der Waals surface area contributed by atoms with Crippen molar-refractivity contribution in [2.75, 3.05) is 5.32 Å². The molecular weight excluding hydrogens is 338 g/mol. The van der Waals surface area contributed by atoms with Crippen LogP contribution in [0.3, 0.4) is 0 Å². The lowest BCUT2D eigenvalue weighted by atomic mass is 10.1. The number of halogens is 4. The Kier molecular flexibility index (Phi) is 4.43. The molecule has 0 spiro atoms. The summed E-state index contributed by atoms with van der Waals surface area (Å²) in [5, 5.41) is 6.68. The molecule has 1 aromatic heterocycles. The monoisotopic (exact) mass is 351 g/mol. The van der Waals surface area contributed by atoms with Crippen molar-refractivity contribution in [2.45, 2.75) is 19.6 Å². The lowest BCUT2D eigenvalue weighted by molar-refractivity contribution is -0.137. The van der Waals surface area contributed by atoms with Gasteiger partial charge in [0.2, 0.25) is 11.7 Å². The molecule has 0 aliphatic heterocycles. The highest BCUT2D eigenvalue weighted by molar-refractivity contribution is 5.55. The molecule has 130 valence electrons. The van der Waals surface area contributed by atoms with Crippen LogP contribution in [0.4, 0.5) is 23.2 Å². The quantitative estimate of drug-likeness (QED) is 0.685. The minimum absolute atomic E-state index is 0.163. The minimum Gasteiger partial charge on any atom is -0.376 e. The Morgan fingerprint density at radius 3 is 2.44 bits per heavy atom. The molecule has 0 unspecified atom stereocenters. The van der Waals surface area contributed by atoms with Gasteiger partial charge in [0.25, 0.3) is 0 Å². The van der Waals surface area contributed by atoms with Gasteiger partial charge in [0.1, 0.15) is 5.82 Å². The Bertz CT molecular complexity index is 872. The van der Waals surface area contributed by atoms with Crippen LogP contribution >= 0.6 is 0 Å². The first kappa shape index (κ1) is 16.9. The molecule has 0 radical (unpaired) electrons. The Morgan fingerprint density at radius 1 is 1.08 bits per heavy atom. The largest absolute Gasteiger partial charge is 0.416 e. The van der Waals surface area contributed by atoms with E-state index in [4.69, 9.17) is 4.52 Å². The SMILES string of the molecule is Cc1ccc(NCc2nc(-c3ccc(C(F)(F)F)cc3)no2)cc1F. The molecule has 0 aliphatic carbocycles. The highest BCUT2D eigenvalue weighted by Gasteiger charge is 2.30. The van der Waals surface area contributed by atoms with Gasteiger partial charge in [-0.3, -0.25) is 0 Å². The van der Waals surface area contributed by atoms with E-state index >= 15 is 0 Å². The maximum atomic E-state index is 13.5. The van der Waals surface area contributed by atoms with Crippen LogP contribution in [0.25, 0.3) is 11.4 Å². The number of hydrogen-bond donors (Lipinski definition) is 1. The van der Waals surface area contributed by atoms with Crippen LogP contribution in [0.15, 0.2) is 47.0 Å². The summed E-state index contributed by atoms with van der Waals surface area (Å²) in [4.78, 5) is 4.11. The summed E-state index contributed by atoms with van der Waals surface area (Å²) < 4.78 is 56.2. The van der Waals surface area contributed by atoms with Gasteiger partial charge in [0, 0.05) is 11.3 Å². The summed E-state index contributed by atoms with van der Waals surface area (Å²) in [6.45, 7) is 1.82. The molecule has 3 aromatic rings. The van der Waals surface area contributed by atoms with Gasteiger partial charge in [0.15, 0.2) is 0 Å². The number of rotatable bonds is 4. The fourth-order valence-corrected chi connectivity index (χ4v) is 2.13. The number of nitrogens with zero attached hydrogens (tertiary/aromatic N) is 2. The Morgan fingerprint density at radius 2 is 1.80 bits per heavy atom. The number of alkyl halides is 3. The molecule has 0 fully saturated rings. The summed E-state index contributed by atoms with van der Waals surface area (Å²) in [5.41, 5.74) is 0.748. The van der Waals surface area contributed by atoms with E-state index < -0.39 is 11.7 Å². The third-order valence-electron chi connectivity index (χ3n) is 3.55. The number of benzene rings is 2. The summed E-state index contributed by atoms with van der Waals surface area (Å²) >= 11 is 0. The van der Waals surface area contributed by atoms with E-state index in [-0.39, 0.29) is 24.1 Å². The van der Waals surface area contributed by atoms with E-state index in [1.807, 2.05) is 0 Å². The first-order valence-corrected chi connectivity index (χ1v) is 7.33. The normalized spacial score (nSPS) is 11.6. The summed E-state index contributed by atoms with van der Waals surface area (Å²) in [7, 11) is 0. The molecular formula is C17H13F4N3O. The number of aromatic nitrogens is 2. The average molecular weight is 351 g/mol. The number of aryl methyl sites for hydroxylation is 1. The van der Waals surface area contributed by atoms with Gasteiger partial charge in [0.05, 0.1) is 12.1 Å². The second-order valence-corrected chi connectivity index (χ2v) is 5.40. The van der Waals surface area contributed by atoms with Gasteiger partial charge in [-0.1, -0.05) is 23.4 Å². The maximum absolute atomic E-state index is 13.5. The van der Waals surface area contributed by atoms with E-state index in [0.717, 1.165) is 12.1 Å². The third-order valence-corrected chi connectivity index (χ3v) is 3.55. The van der Waals surface area contributed by atoms with Crippen molar-refractivity contribution in [2.24, 2.45) is 0 Å². The topological polar surface area (TPSA) is 51.0 Å². The smallest absolute Gasteiger partial charge is 0.376 e. The molecule has 3 rings (SSSR count). The molecule has 25 heavy (non-hydrogen) atoms. The molecule has 0 amide bonds. The lowest BCUT2D eigenvalue weighted by Crippen LogP contribution is -2.04. The highest BCUT2D eigenvalue weighted by atomic mass is 19.4. The minimum atomic E-state index is -4.39. The zero-order valence-electron chi connectivity index (χ0n) is 13.1. The van der Waals surface area contributed by atoms with Crippen LogP contribution in [0.2, 0.25) is 0 Å². The van der Waals surface area contributed by atoms with Crippen molar-refractivity contribution in [1.82, 2.24) is 10.1 Å². The van der Waals surface area contributed by atoms with Crippen LogP contribution in [0.5, 0.6) is 0 Å². The van der Waals surface area contributed by atoms with E-state index in [2.05, 4.69) is 15.5 Å². The first-order valence-electron chi connectivity index (χ1n) is 7.33. The Labute approximate surface area is 140 Å². The van der Waals surface area contributed by atoms with Crippen molar-refractivity contribution in [3.8, 4) is 11.4 Å². The highest BCUT2D eigenvalue weighted by Crippen LogP contribution is 2.30. The van der Waals surface area contributed by atoms with Gasteiger partial charge in [-0.05, 0) is 36.8 Å². The molecule has 0 saturated heterocycles. The van der Waals surface area contributed by atoms with Gasteiger partial charge in [-0.2, -0.15) is 18.2 Å². The molecule has 1 N–H and O–H groups in total. The van der Waals surface area contributed by atoms with Gasteiger partial charge in [-0.15, -0.1) is 0 Å². The maximum Gasteiger partial charge on any atom is 0.416 e. The Hall–Kier alpha value is -2.90. The summed E-state index contributed by atoms with van der Waals surface area (Å²) in [6, 6.07) is 9.17. The van der Waals surface area contributed by atoms with Crippen LogP contribution in [0, 0.1) is 12.7 Å². The molecule has 0 aliphatic rings. The number of nitrogens with one attached hydrogen (secondary N) is 1. The molecule has 0 bridgehead atoms. The van der Waals surface area contributed by atoms with E-state index in [0.29, 0.717) is 16.8 Å². The van der Waals surface area contributed by atoms with Gasteiger partial charge in [-0.25, -0.2) is 4.39 Å². The number of hydrogen-bond acceptors (Lipinski definition) is 4. The van der Waals surface area contributed by atoms with E-state index in [1.54, 1.807) is 19.1 Å². The predicted octanol–water partition coefficient (Wildman–Crippen LogP) is 4.82. The second-order valence-electron chi connectivity index (χ2n) is 5.40. The van der Waals surface area contributed by atoms with Crippen molar-refractivity contribution in [1.29, 1.82) is 0 Å². The predicted molar refractivity (Wildman–Crippen MR) is 83.2 cm³/mol. The van der Waals surface area contributed by atoms with Crippen LogP contribution in [0.1, 0.15) is 17.0 Å². The van der Waals surface area contributed by atoms with Gasteiger partial charge >= 0.3 is 6.18 Å². The fourth-order valence-electron chi connectivity index (χ4n) is 2.13. The second kappa shape index (κ2) is 6.54. The Balaban J connectivity index is 1.68. The molecule has 0 atom stereocenters. The molecule has 0 saturated carbocycles. The van der Waals surface area contributed by atoms with Crippen molar-refractivity contribution < 1.29 is 22.1 Å². The first-order chi connectivity index (χ1) is 11.8. The third kappa shape index (κ3) is 3.96.